The zero-order chi connectivity index (χ0) is 27.8. The second-order valence-electron chi connectivity index (χ2n) is 9.70. The molecule has 4 heterocycles. The van der Waals surface area contributed by atoms with Crippen molar-refractivity contribution < 1.29 is 27.5 Å². The molecule has 39 heavy (non-hydrogen) atoms. The number of urea groups is 1. The van der Waals surface area contributed by atoms with Crippen LogP contribution in [0.2, 0.25) is 0 Å². The second kappa shape index (κ2) is 10.4. The third-order valence-electron chi connectivity index (χ3n) is 6.49. The minimum Gasteiger partial charge on any atom is -0.483 e. The number of ether oxygens (including phenoxy) is 1. The molecule has 2 aliphatic rings. The van der Waals surface area contributed by atoms with Crippen molar-refractivity contribution in [3.63, 3.8) is 0 Å². The van der Waals surface area contributed by atoms with Gasteiger partial charge in [0.05, 0.1) is 42.9 Å². The number of benzene rings is 1. The number of anilines is 1. The van der Waals surface area contributed by atoms with Gasteiger partial charge in [0.25, 0.3) is 0 Å². The molecule has 0 unspecified atom stereocenters. The van der Waals surface area contributed by atoms with E-state index in [1.807, 2.05) is 0 Å². The highest BCUT2D eigenvalue weighted by atomic mass is 19.1. The highest BCUT2D eigenvalue weighted by molar-refractivity contribution is 5.95. The van der Waals surface area contributed by atoms with Crippen molar-refractivity contribution >= 4 is 23.8 Å². The van der Waals surface area contributed by atoms with Crippen LogP contribution in [0, 0.1) is 23.4 Å². The fourth-order valence-electron chi connectivity index (χ4n) is 4.39. The van der Waals surface area contributed by atoms with Gasteiger partial charge in [-0.1, -0.05) is 13.8 Å². The lowest BCUT2D eigenvalue weighted by atomic mass is 10.0. The number of nitrogens with one attached hydrogen (secondary N) is 1. The van der Waals surface area contributed by atoms with Gasteiger partial charge in [-0.25, -0.2) is 23.0 Å². The number of likely N-dealkylation sites (tertiary alicyclic amines) is 1. The summed E-state index contributed by atoms with van der Waals surface area (Å²) in [5, 5.41) is 12.2. The van der Waals surface area contributed by atoms with Crippen LogP contribution < -0.4 is 10.1 Å². The number of halogens is 3. The van der Waals surface area contributed by atoms with E-state index in [2.05, 4.69) is 20.5 Å². The molecule has 2 aliphatic heterocycles. The van der Waals surface area contributed by atoms with Crippen LogP contribution >= 0.6 is 0 Å². The summed E-state index contributed by atoms with van der Waals surface area (Å²) in [5.74, 6) is -2.67. The third kappa shape index (κ3) is 5.29. The predicted octanol–water partition coefficient (Wildman–Crippen LogP) is 4.11. The van der Waals surface area contributed by atoms with Crippen LogP contribution in [-0.2, 0) is 11.8 Å². The molecular formula is C26H26F3N7O3. The number of hydrogen-bond acceptors (Lipinski definition) is 6. The van der Waals surface area contributed by atoms with Gasteiger partial charge in [0.2, 0.25) is 5.91 Å². The number of aromatic nitrogens is 3. The summed E-state index contributed by atoms with van der Waals surface area (Å²) in [6.45, 7) is 3.84. The Morgan fingerprint density at radius 3 is 2.49 bits per heavy atom. The minimum atomic E-state index is -0.735. The van der Waals surface area contributed by atoms with E-state index in [1.165, 1.54) is 45.2 Å². The average molecular weight is 542 g/mol. The summed E-state index contributed by atoms with van der Waals surface area (Å²) in [6.07, 6.45) is 3.85. The van der Waals surface area contributed by atoms with Gasteiger partial charge >= 0.3 is 6.03 Å². The number of carbonyl (C=O) groups is 2. The Hall–Kier alpha value is -4.42. The lowest BCUT2D eigenvalue weighted by Crippen LogP contribution is -2.58. The maximum Gasteiger partial charge on any atom is 0.341 e. The second-order valence-corrected chi connectivity index (χ2v) is 9.70. The van der Waals surface area contributed by atoms with Crippen molar-refractivity contribution in [2.75, 3.05) is 18.4 Å². The van der Waals surface area contributed by atoms with Gasteiger partial charge in [-0.3, -0.25) is 14.5 Å². The molecule has 0 radical (unpaired) electrons. The Morgan fingerprint density at radius 1 is 1.08 bits per heavy atom. The van der Waals surface area contributed by atoms with Crippen LogP contribution in [0.4, 0.5) is 23.7 Å². The lowest BCUT2D eigenvalue weighted by molar-refractivity contribution is -0.118. The van der Waals surface area contributed by atoms with Gasteiger partial charge in [-0.2, -0.15) is 10.2 Å². The normalized spacial score (nSPS) is 17.1. The molecule has 5 rings (SSSR count). The lowest BCUT2D eigenvalue weighted by Gasteiger charge is -2.41. The fraction of sp³-hybridized carbons (Fsp3) is 0.346. The number of aryl methyl sites for hydroxylation is 1. The predicted molar refractivity (Wildman–Crippen MR) is 135 cm³/mol. The smallest absolute Gasteiger partial charge is 0.341 e. The van der Waals surface area contributed by atoms with Gasteiger partial charge in [-0.05, 0) is 17.7 Å². The van der Waals surface area contributed by atoms with E-state index in [-0.39, 0.29) is 30.7 Å². The number of pyridine rings is 1. The minimum absolute atomic E-state index is 0.0632. The monoisotopic (exact) mass is 541 g/mol. The van der Waals surface area contributed by atoms with Gasteiger partial charge in [-0.15, -0.1) is 0 Å². The number of rotatable bonds is 6. The highest BCUT2D eigenvalue weighted by Crippen LogP contribution is 2.33. The third-order valence-corrected chi connectivity index (χ3v) is 6.49. The SMILES string of the molecule is CC(C)C(=O)Nc1cnn(C)c1-c1cc(OC2CN(C(=O)N3N=CC[C@H]3c3cc(F)cc(F)c3)C2)c(F)cn1. The summed E-state index contributed by atoms with van der Waals surface area (Å²) in [4.78, 5) is 30.8. The first-order valence-electron chi connectivity index (χ1n) is 12.3. The number of hydrogen-bond donors (Lipinski definition) is 1. The zero-order valence-electron chi connectivity index (χ0n) is 21.4. The van der Waals surface area contributed by atoms with Gasteiger partial charge in [0, 0.05) is 37.7 Å². The van der Waals surface area contributed by atoms with Crippen molar-refractivity contribution in [2.45, 2.75) is 32.4 Å². The van der Waals surface area contributed by atoms with Crippen molar-refractivity contribution in [2.24, 2.45) is 18.1 Å². The van der Waals surface area contributed by atoms with E-state index in [4.69, 9.17) is 4.74 Å². The van der Waals surface area contributed by atoms with E-state index >= 15 is 0 Å². The Bertz CT molecular complexity index is 1430. The van der Waals surface area contributed by atoms with Crippen molar-refractivity contribution in [3.8, 4) is 17.1 Å². The molecule has 13 heteroatoms. The largest absolute Gasteiger partial charge is 0.483 e. The molecule has 1 fully saturated rings. The van der Waals surface area contributed by atoms with Crippen molar-refractivity contribution in [1.29, 1.82) is 0 Å². The first kappa shape index (κ1) is 26.2. The Balaban J connectivity index is 1.26. The molecule has 1 atom stereocenters. The van der Waals surface area contributed by atoms with E-state index in [0.29, 0.717) is 29.1 Å². The molecule has 1 aromatic carbocycles. The van der Waals surface area contributed by atoms with Crippen LogP contribution in [0.15, 0.2) is 41.8 Å². The summed E-state index contributed by atoms with van der Waals surface area (Å²) < 4.78 is 49.4. The quantitative estimate of drug-likeness (QED) is 0.506. The standard InChI is InChI=1S/C26H26F3N7O3/c1-14(2)25(37)33-21-11-32-34(3)24(21)20-9-23(19(29)10-30-20)39-18-12-35(13-18)26(38)36-22(4-5-31-36)15-6-16(27)8-17(28)7-15/h5-11,14,18,22H,4,12-13H2,1-3H3,(H,33,37)/t22-/m0/s1. The summed E-state index contributed by atoms with van der Waals surface area (Å²) in [5.41, 5.74) is 1.55. The van der Waals surface area contributed by atoms with Crippen LogP contribution in [0.3, 0.4) is 0 Å². The van der Waals surface area contributed by atoms with Gasteiger partial charge in [0.15, 0.2) is 11.6 Å². The number of hydrazone groups is 1. The summed E-state index contributed by atoms with van der Waals surface area (Å²) in [7, 11) is 1.67. The topological polar surface area (TPSA) is 105 Å². The van der Waals surface area contributed by atoms with E-state index in [1.54, 1.807) is 20.9 Å². The summed E-state index contributed by atoms with van der Waals surface area (Å²) in [6, 6.07) is 3.46. The first-order valence-corrected chi connectivity index (χ1v) is 12.3. The molecule has 0 bridgehead atoms. The molecule has 2 aromatic heterocycles. The van der Waals surface area contributed by atoms with Crippen LogP contribution in [0.5, 0.6) is 5.75 Å². The van der Waals surface area contributed by atoms with Crippen molar-refractivity contribution in [3.05, 3.63) is 59.7 Å². The maximum atomic E-state index is 14.6. The van der Waals surface area contributed by atoms with Crippen LogP contribution in [0.25, 0.3) is 11.4 Å². The molecule has 0 aliphatic carbocycles. The molecule has 3 aromatic rings. The molecule has 204 valence electrons. The van der Waals surface area contributed by atoms with Crippen molar-refractivity contribution in [1.82, 2.24) is 24.7 Å². The highest BCUT2D eigenvalue weighted by Gasteiger charge is 2.39. The number of amides is 3. The van der Waals surface area contributed by atoms with E-state index in [0.717, 1.165) is 12.3 Å². The molecule has 0 spiro atoms. The maximum absolute atomic E-state index is 14.6. The van der Waals surface area contributed by atoms with Gasteiger partial charge in [0.1, 0.15) is 23.4 Å². The average Bonchev–Trinajstić information content (AvgIpc) is 3.48. The summed E-state index contributed by atoms with van der Waals surface area (Å²) >= 11 is 0. The number of carbonyl (C=O) groups excluding carboxylic acids is 2. The van der Waals surface area contributed by atoms with E-state index in [9.17, 15) is 22.8 Å². The Labute approximate surface area is 222 Å². The molecule has 1 saturated heterocycles. The molecule has 0 saturated carbocycles. The molecule has 3 amide bonds. The molecular weight excluding hydrogens is 515 g/mol. The fourth-order valence-corrected chi connectivity index (χ4v) is 4.39. The van der Waals surface area contributed by atoms with E-state index < -0.39 is 35.6 Å². The Kier molecular flexibility index (Phi) is 6.98. The molecule has 10 nitrogen and oxygen atoms in total. The molecule has 1 N–H and O–H groups in total. The number of nitrogens with zero attached hydrogens (tertiary/aromatic N) is 6. The first-order chi connectivity index (χ1) is 18.6. The zero-order valence-corrected chi connectivity index (χ0v) is 21.4. The van der Waals surface area contributed by atoms with Crippen LogP contribution in [0.1, 0.15) is 31.9 Å². The Morgan fingerprint density at radius 2 is 1.79 bits per heavy atom. The van der Waals surface area contributed by atoms with Crippen LogP contribution in [-0.4, -0.2) is 62.0 Å². The van der Waals surface area contributed by atoms with Gasteiger partial charge < -0.3 is 15.0 Å².